The topological polar surface area (TPSA) is 43.4 Å². The molecule has 22 heavy (non-hydrogen) atoms. The molecule has 112 valence electrons. The molecule has 3 aromatic rings. The van der Waals surface area contributed by atoms with E-state index in [9.17, 15) is 17.2 Å². The normalized spacial score (nSPS) is 11.5. The Balaban J connectivity index is 1.98. The molecule has 0 atom stereocenters. The van der Waals surface area contributed by atoms with E-state index < -0.39 is 26.6 Å². The molecule has 0 aromatic heterocycles. The molecular formula is C16H10F2O3S. The smallest absolute Gasteiger partial charge is 0.339 e. The van der Waals surface area contributed by atoms with Crippen LogP contribution in [0.25, 0.3) is 10.8 Å². The van der Waals surface area contributed by atoms with Gasteiger partial charge in [0.05, 0.1) is 0 Å². The average Bonchev–Trinajstić information content (AvgIpc) is 2.46. The Kier molecular flexibility index (Phi) is 3.54. The Morgan fingerprint density at radius 3 is 2.09 bits per heavy atom. The zero-order valence-corrected chi connectivity index (χ0v) is 12.0. The molecule has 3 nitrogen and oxygen atoms in total. The maximum atomic E-state index is 13.1. The van der Waals surface area contributed by atoms with Gasteiger partial charge in [-0.15, -0.1) is 0 Å². The first-order valence-corrected chi connectivity index (χ1v) is 7.74. The molecule has 3 rings (SSSR count). The second-order valence-corrected chi connectivity index (χ2v) is 6.20. The Hall–Kier alpha value is -2.47. The number of hydrogen-bond donors (Lipinski definition) is 0. The summed E-state index contributed by atoms with van der Waals surface area (Å²) < 4.78 is 55.4. The van der Waals surface area contributed by atoms with Crippen LogP contribution in [-0.2, 0) is 10.1 Å². The molecule has 3 aromatic carbocycles. The van der Waals surface area contributed by atoms with E-state index in [1.165, 1.54) is 6.07 Å². The fourth-order valence-corrected chi connectivity index (χ4v) is 3.03. The summed E-state index contributed by atoms with van der Waals surface area (Å²) in [5.74, 6) is -1.90. The van der Waals surface area contributed by atoms with Crippen LogP contribution in [0.4, 0.5) is 8.78 Å². The van der Waals surface area contributed by atoms with Crippen molar-refractivity contribution in [3.8, 4) is 5.75 Å². The first-order chi connectivity index (χ1) is 10.4. The second kappa shape index (κ2) is 5.38. The summed E-state index contributed by atoms with van der Waals surface area (Å²) in [6, 6.07) is 14.1. The molecule has 0 saturated carbocycles. The number of halogens is 2. The van der Waals surface area contributed by atoms with Gasteiger partial charge in [0.15, 0.2) is 0 Å². The molecule has 0 aliphatic rings. The molecule has 0 N–H and O–H groups in total. The van der Waals surface area contributed by atoms with E-state index in [4.69, 9.17) is 4.18 Å². The van der Waals surface area contributed by atoms with Crippen LogP contribution in [0.3, 0.4) is 0 Å². The first-order valence-electron chi connectivity index (χ1n) is 6.33. The molecular weight excluding hydrogens is 310 g/mol. The highest BCUT2D eigenvalue weighted by Gasteiger charge is 2.19. The first kappa shape index (κ1) is 14.5. The lowest BCUT2D eigenvalue weighted by molar-refractivity contribution is 0.483. The quantitative estimate of drug-likeness (QED) is 0.688. The molecule has 0 saturated heterocycles. The molecule has 0 unspecified atom stereocenters. The van der Waals surface area contributed by atoms with Crippen LogP contribution in [0.2, 0.25) is 0 Å². The van der Waals surface area contributed by atoms with Crippen molar-refractivity contribution in [1.29, 1.82) is 0 Å². The summed E-state index contributed by atoms with van der Waals surface area (Å²) in [5.41, 5.74) is 0. The fourth-order valence-electron chi connectivity index (χ4n) is 2.07. The number of benzene rings is 3. The molecule has 0 spiro atoms. The summed E-state index contributed by atoms with van der Waals surface area (Å²) in [4.78, 5) is -0.571. The Morgan fingerprint density at radius 2 is 1.41 bits per heavy atom. The standard InChI is InChI=1S/C16H10F2O3S/c17-13-8-14(18)10-16(9-13)22(19,20)21-15-6-5-11-3-1-2-4-12(11)7-15/h1-10H. The SMILES string of the molecule is O=S(=O)(Oc1ccc2ccccc2c1)c1cc(F)cc(F)c1. The van der Waals surface area contributed by atoms with Crippen molar-refractivity contribution in [1.82, 2.24) is 0 Å². The van der Waals surface area contributed by atoms with E-state index in [-0.39, 0.29) is 5.75 Å². The van der Waals surface area contributed by atoms with Crippen molar-refractivity contribution < 1.29 is 21.4 Å². The van der Waals surface area contributed by atoms with Gasteiger partial charge in [-0.3, -0.25) is 0 Å². The van der Waals surface area contributed by atoms with E-state index >= 15 is 0 Å². The molecule has 0 bridgehead atoms. The third-order valence-electron chi connectivity index (χ3n) is 3.05. The van der Waals surface area contributed by atoms with Crippen molar-refractivity contribution in [3.63, 3.8) is 0 Å². The van der Waals surface area contributed by atoms with Crippen molar-refractivity contribution >= 4 is 20.9 Å². The summed E-state index contributed by atoms with van der Waals surface area (Å²) >= 11 is 0. The predicted octanol–water partition coefficient (Wildman–Crippen LogP) is 3.89. The zero-order chi connectivity index (χ0) is 15.7. The largest absolute Gasteiger partial charge is 0.379 e. The number of hydrogen-bond acceptors (Lipinski definition) is 3. The Bertz CT molecular complexity index is 932. The molecule has 0 aliphatic carbocycles. The van der Waals surface area contributed by atoms with E-state index in [2.05, 4.69) is 0 Å². The molecule has 0 amide bonds. The lowest BCUT2D eigenvalue weighted by Crippen LogP contribution is -2.10. The summed E-state index contributed by atoms with van der Waals surface area (Å²) in [5, 5.41) is 1.71. The lowest BCUT2D eigenvalue weighted by atomic mass is 10.1. The van der Waals surface area contributed by atoms with Crippen molar-refractivity contribution in [2.75, 3.05) is 0 Å². The summed E-state index contributed by atoms with van der Waals surface area (Å²) in [7, 11) is -4.31. The van der Waals surface area contributed by atoms with E-state index in [0.29, 0.717) is 18.2 Å². The van der Waals surface area contributed by atoms with Crippen molar-refractivity contribution in [2.45, 2.75) is 4.90 Å². The third kappa shape index (κ3) is 2.92. The van der Waals surface area contributed by atoms with Gasteiger partial charge in [0, 0.05) is 6.07 Å². The van der Waals surface area contributed by atoms with Gasteiger partial charge in [-0.2, -0.15) is 8.42 Å². The summed E-state index contributed by atoms with van der Waals surface area (Å²) in [6.45, 7) is 0. The van der Waals surface area contributed by atoms with Crippen molar-refractivity contribution in [3.05, 3.63) is 72.3 Å². The van der Waals surface area contributed by atoms with Crippen LogP contribution in [-0.4, -0.2) is 8.42 Å². The minimum atomic E-state index is -4.31. The zero-order valence-electron chi connectivity index (χ0n) is 11.2. The molecule has 6 heteroatoms. The Morgan fingerprint density at radius 1 is 0.773 bits per heavy atom. The fraction of sp³-hybridized carbons (Fsp3) is 0. The van der Waals surface area contributed by atoms with Gasteiger partial charge in [0.1, 0.15) is 22.3 Å². The maximum Gasteiger partial charge on any atom is 0.339 e. The van der Waals surface area contributed by atoms with Crippen LogP contribution in [0.1, 0.15) is 0 Å². The van der Waals surface area contributed by atoms with Gasteiger partial charge in [-0.05, 0) is 35.0 Å². The minimum absolute atomic E-state index is 0.0726. The lowest BCUT2D eigenvalue weighted by Gasteiger charge is -2.08. The average molecular weight is 320 g/mol. The van der Waals surface area contributed by atoms with Crippen LogP contribution >= 0.6 is 0 Å². The second-order valence-electron chi connectivity index (χ2n) is 4.65. The van der Waals surface area contributed by atoms with Gasteiger partial charge in [0.25, 0.3) is 0 Å². The molecule has 0 aliphatic heterocycles. The van der Waals surface area contributed by atoms with Gasteiger partial charge in [-0.25, -0.2) is 8.78 Å². The van der Waals surface area contributed by atoms with Crippen LogP contribution in [0.5, 0.6) is 5.75 Å². The monoisotopic (exact) mass is 320 g/mol. The highest BCUT2D eigenvalue weighted by atomic mass is 32.2. The van der Waals surface area contributed by atoms with Crippen LogP contribution < -0.4 is 4.18 Å². The predicted molar refractivity (Wildman–Crippen MR) is 78.1 cm³/mol. The van der Waals surface area contributed by atoms with Gasteiger partial charge in [0.2, 0.25) is 0 Å². The molecule has 0 fully saturated rings. The van der Waals surface area contributed by atoms with Crippen LogP contribution in [0.15, 0.2) is 65.6 Å². The van der Waals surface area contributed by atoms with Crippen LogP contribution in [0, 0.1) is 11.6 Å². The highest BCUT2D eigenvalue weighted by Crippen LogP contribution is 2.24. The van der Waals surface area contributed by atoms with Gasteiger partial charge < -0.3 is 4.18 Å². The summed E-state index contributed by atoms with van der Waals surface area (Å²) in [6.07, 6.45) is 0. The Labute approximate surface area is 125 Å². The van der Waals surface area contributed by atoms with E-state index in [1.54, 1.807) is 18.2 Å². The van der Waals surface area contributed by atoms with Gasteiger partial charge >= 0.3 is 10.1 Å². The number of fused-ring (bicyclic) bond motifs is 1. The molecule has 0 heterocycles. The minimum Gasteiger partial charge on any atom is -0.379 e. The van der Waals surface area contributed by atoms with Crippen molar-refractivity contribution in [2.24, 2.45) is 0 Å². The van der Waals surface area contributed by atoms with Gasteiger partial charge in [-0.1, -0.05) is 30.3 Å². The van der Waals surface area contributed by atoms with E-state index in [0.717, 1.165) is 10.8 Å². The maximum absolute atomic E-state index is 13.1. The van der Waals surface area contributed by atoms with E-state index in [1.807, 2.05) is 18.2 Å². The number of rotatable bonds is 3. The third-order valence-corrected chi connectivity index (χ3v) is 4.28. The highest BCUT2D eigenvalue weighted by molar-refractivity contribution is 7.87. The molecule has 0 radical (unpaired) electrons.